The van der Waals surface area contributed by atoms with E-state index in [-0.39, 0.29) is 6.54 Å². The smallest absolute Gasteiger partial charge is 0.313 e. The summed E-state index contributed by atoms with van der Waals surface area (Å²) in [4.78, 5) is 25.6. The van der Waals surface area contributed by atoms with Crippen molar-refractivity contribution in [1.29, 1.82) is 0 Å². The zero-order valence-electron chi connectivity index (χ0n) is 9.52. The Bertz CT molecular complexity index is 628. The molecular formula is C9H14N4O4S. The molecule has 2 rings (SSSR count). The summed E-state index contributed by atoms with van der Waals surface area (Å²) in [5.74, 6) is 0. The molecule has 0 radical (unpaired) electrons. The second-order valence-electron chi connectivity index (χ2n) is 4.06. The topological polar surface area (TPSA) is 124 Å². The minimum atomic E-state index is -3.89. The summed E-state index contributed by atoms with van der Waals surface area (Å²) in [7, 11) is -3.89. The Morgan fingerprint density at radius 2 is 2.00 bits per heavy atom. The van der Waals surface area contributed by atoms with Gasteiger partial charge in [-0.15, -0.1) is 0 Å². The first-order chi connectivity index (χ1) is 8.49. The van der Waals surface area contributed by atoms with Crippen molar-refractivity contribution in [3.05, 3.63) is 27.0 Å². The highest BCUT2D eigenvalue weighted by molar-refractivity contribution is 7.89. The van der Waals surface area contributed by atoms with Crippen LogP contribution in [0.4, 0.5) is 0 Å². The predicted octanol–water partition coefficient (Wildman–Crippen LogP) is -1.91. The lowest BCUT2D eigenvalue weighted by Gasteiger charge is -2.06. The van der Waals surface area contributed by atoms with Gasteiger partial charge in [-0.05, 0) is 12.8 Å². The molecular weight excluding hydrogens is 260 g/mol. The Labute approximate surface area is 103 Å². The number of nitrogens with one attached hydrogen (secondary N) is 4. The van der Waals surface area contributed by atoms with Crippen LogP contribution in [0.3, 0.4) is 0 Å². The maximum Gasteiger partial charge on any atom is 0.325 e. The quantitative estimate of drug-likeness (QED) is 0.451. The molecule has 1 saturated carbocycles. The summed E-state index contributed by atoms with van der Waals surface area (Å²) < 4.78 is 25.8. The molecule has 0 aromatic carbocycles. The van der Waals surface area contributed by atoms with E-state index in [9.17, 15) is 18.0 Å². The lowest BCUT2D eigenvalue weighted by Crippen LogP contribution is -2.36. The molecule has 1 aliphatic rings. The summed E-state index contributed by atoms with van der Waals surface area (Å²) >= 11 is 0. The van der Waals surface area contributed by atoms with Crippen molar-refractivity contribution < 1.29 is 8.42 Å². The minimum absolute atomic E-state index is 0.192. The second kappa shape index (κ2) is 5.04. The number of rotatable bonds is 6. The van der Waals surface area contributed by atoms with Gasteiger partial charge in [0.2, 0.25) is 10.0 Å². The van der Waals surface area contributed by atoms with E-state index in [0.717, 1.165) is 19.0 Å². The molecule has 0 amide bonds. The Kier molecular flexibility index (Phi) is 3.64. The van der Waals surface area contributed by atoms with E-state index in [1.807, 2.05) is 4.98 Å². The van der Waals surface area contributed by atoms with Gasteiger partial charge in [0.05, 0.1) is 0 Å². The average Bonchev–Trinajstić information content (AvgIpc) is 3.07. The van der Waals surface area contributed by atoms with Crippen LogP contribution in [0.2, 0.25) is 0 Å². The first-order valence-electron chi connectivity index (χ1n) is 5.54. The van der Waals surface area contributed by atoms with Gasteiger partial charge >= 0.3 is 5.69 Å². The highest BCUT2D eigenvalue weighted by atomic mass is 32.2. The van der Waals surface area contributed by atoms with Crippen LogP contribution in [0, 0.1) is 0 Å². The zero-order valence-corrected chi connectivity index (χ0v) is 10.3. The Morgan fingerprint density at radius 3 is 2.61 bits per heavy atom. The van der Waals surface area contributed by atoms with Crippen LogP contribution in [0.15, 0.2) is 20.7 Å². The zero-order chi connectivity index (χ0) is 13.2. The molecule has 1 aromatic heterocycles. The molecule has 0 aliphatic heterocycles. The van der Waals surface area contributed by atoms with Crippen molar-refractivity contribution in [3.63, 3.8) is 0 Å². The second-order valence-corrected chi connectivity index (χ2v) is 5.80. The molecule has 8 nitrogen and oxygen atoms in total. The minimum Gasteiger partial charge on any atom is -0.313 e. The number of hydrogen-bond acceptors (Lipinski definition) is 5. The molecule has 9 heteroatoms. The van der Waals surface area contributed by atoms with E-state index < -0.39 is 26.2 Å². The van der Waals surface area contributed by atoms with E-state index >= 15 is 0 Å². The molecule has 0 unspecified atom stereocenters. The van der Waals surface area contributed by atoms with Crippen molar-refractivity contribution in [2.45, 2.75) is 23.8 Å². The van der Waals surface area contributed by atoms with Crippen molar-refractivity contribution in [2.75, 3.05) is 13.1 Å². The normalized spacial score (nSPS) is 15.8. The van der Waals surface area contributed by atoms with Gasteiger partial charge < -0.3 is 10.3 Å². The van der Waals surface area contributed by atoms with Crippen LogP contribution >= 0.6 is 0 Å². The summed E-state index contributed by atoms with van der Waals surface area (Å²) in [5.41, 5.74) is -1.67. The molecule has 4 N–H and O–H groups in total. The third-order valence-electron chi connectivity index (χ3n) is 2.50. The van der Waals surface area contributed by atoms with E-state index in [2.05, 4.69) is 15.0 Å². The molecule has 0 bridgehead atoms. The number of aromatic nitrogens is 2. The lowest BCUT2D eigenvalue weighted by molar-refractivity contribution is 0.573. The van der Waals surface area contributed by atoms with Crippen LogP contribution in [-0.4, -0.2) is 37.5 Å². The maximum absolute atomic E-state index is 11.7. The van der Waals surface area contributed by atoms with Crippen LogP contribution in [0.1, 0.15) is 12.8 Å². The first-order valence-corrected chi connectivity index (χ1v) is 7.02. The third kappa shape index (κ3) is 3.28. The summed E-state index contributed by atoms with van der Waals surface area (Å²) in [6, 6.07) is 0.492. The molecule has 100 valence electrons. The average molecular weight is 274 g/mol. The van der Waals surface area contributed by atoms with Gasteiger partial charge in [-0.3, -0.25) is 9.78 Å². The Morgan fingerprint density at radius 1 is 1.28 bits per heavy atom. The number of H-pyrrole nitrogens is 2. The maximum atomic E-state index is 11.7. The van der Waals surface area contributed by atoms with Gasteiger partial charge in [0.25, 0.3) is 5.56 Å². The first kappa shape index (κ1) is 13.0. The van der Waals surface area contributed by atoms with Gasteiger partial charge in [-0.1, -0.05) is 0 Å². The molecule has 1 aromatic rings. The number of sulfonamides is 1. The monoisotopic (exact) mass is 274 g/mol. The van der Waals surface area contributed by atoms with Crippen LogP contribution < -0.4 is 21.3 Å². The predicted molar refractivity (Wildman–Crippen MR) is 63.9 cm³/mol. The van der Waals surface area contributed by atoms with Crippen molar-refractivity contribution in [3.8, 4) is 0 Å². The van der Waals surface area contributed by atoms with Gasteiger partial charge in [0.15, 0.2) is 4.90 Å². The van der Waals surface area contributed by atoms with E-state index in [0.29, 0.717) is 12.6 Å². The summed E-state index contributed by atoms with van der Waals surface area (Å²) in [6.07, 6.45) is 3.12. The molecule has 0 spiro atoms. The Balaban J connectivity index is 2.00. The van der Waals surface area contributed by atoms with Crippen molar-refractivity contribution in [1.82, 2.24) is 20.0 Å². The third-order valence-corrected chi connectivity index (χ3v) is 3.97. The lowest BCUT2D eigenvalue weighted by atomic mass is 10.6. The van der Waals surface area contributed by atoms with Gasteiger partial charge in [-0.2, -0.15) is 0 Å². The fourth-order valence-electron chi connectivity index (χ4n) is 1.42. The van der Waals surface area contributed by atoms with Crippen LogP contribution in [0.25, 0.3) is 0 Å². The van der Waals surface area contributed by atoms with E-state index in [1.165, 1.54) is 0 Å². The molecule has 1 aliphatic carbocycles. The molecule has 18 heavy (non-hydrogen) atoms. The van der Waals surface area contributed by atoms with E-state index in [4.69, 9.17) is 0 Å². The standard InChI is InChI=1S/C9H14N4O4S/c14-8-7(5-11-9(15)13-8)18(16,17)12-4-3-10-6-1-2-6/h5-6,10,12H,1-4H2,(H2,11,13,14,15). The highest BCUT2D eigenvalue weighted by Gasteiger charge is 2.21. The van der Waals surface area contributed by atoms with Crippen molar-refractivity contribution >= 4 is 10.0 Å². The summed E-state index contributed by atoms with van der Waals surface area (Å²) in [5, 5.41) is 3.13. The highest BCUT2D eigenvalue weighted by Crippen LogP contribution is 2.17. The number of hydrogen-bond donors (Lipinski definition) is 4. The largest absolute Gasteiger partial charge is 0.325 e. The Hall–Kier alpha value is -1.45. The molecule has 0 saturated heterocycles. The van der Waals surface area contributed by atoms with Gasteiger partial charge in [0, 0.05) is 25.3 Å². The van der Waals surface area contributed by atoms with Crippen LogP contribution in [0.5, 0.6) is 0 Å². The fraction of sp³-hybridized carbons (Fsp3) is 0.556. The molecule has 1 heterocycles. The van der Waals surface area contributed by atoms with Gasteiger partial charge in [-0.25, -0.2) is 17.9 Å². The molecule has 1 fully saturated rings. The molecule has 0 atom stereocenters. The van der Waals surface area contributed by atoms with Crippen LogP contribution in [-0.2, 0) is 10.0 Å². The van der Waals surface area contributed by atoms with Crippen molar-refractivity contribution in [2.24, 2.45) is 0 Å². The van der Waals surface area contributed by atoms with E-state index in [1.54, 1.807) is 0 Å². The summed E-state index contributed by atoms with van der Waals surface area (Å²) in [6.45, 7) is 0.697. The SMILES string of the molecule is O=c1[nH]cc(S(=O)(=O)NCCNC2CC2)c(=O)[nH]1. The fourth-order valence-corrected chi connectivity index (χ4v) is 2.46. The van der Waals surface area contributed by atoms with Gasteiger partial charge in [0.1, 0.15) is 0 Å². The number of aromatic amines is 2.